The van der Waals surface area contributed by atoms with Crippen molar-refractivity contribution < 1.29 is 19.1 Å². The number of carbonyl (C=O) groups is 3. The van der Waals surface area contributed by atoms with Crippen LogP contribution in [0, 0.1) is 17.8 Å². The SMILES string of the molecule is C[C@@H]1CC[C@@H]2C(=O)N(c3ccccc3OCC(=O)c3ccc(Br)cc3)C(=O)[C@@H]2C1. The first-order valence-electron chi connectivity index (χ1n) is 9.84. The average molecular weight is 456 g/mol. The molecule has 2 fully saturated rings. The number of hydrogen-bond donors (Lipinski definition) is 0. The summed E-state index contributed by atoms with van der Waals surface area (Å²) in [6.07, 6.45) is 2.46. The van der Waals surface area contributed by atoms with Crippen LogP contribution in [0.3, 0.4) is 0 Å². The maximum absolute atomic E-state index is 13.0. The van der Waals surface area contributed by atoms with Crippen LogP contribution < -0.4 is 9.64 Å². The monoisotopic (exact) mass is 455 g/mol. The molecule has 0 aromatic heterocycles. The maximum atomic E-state index is 13.0. The van der Waals surface area contributed by atoms with Gasteiger partial charge in [-0.3, -0.25) is 14.4 Å². The van der Waals surface area contributed by atoms with Gasteiger partial charge in [-0.1, -0.05) is 47.1 Å². The van der Waals surface area contributed by atoms with Gasteiger partial charge in [-0.25, -0.2) is 4.90 Å². The van der Waals surface area contributed by atoms with Gasteiger partial charge in [-0.2, -0.15) is 0 Å². The summed E-state index contributed by atoms with van der Waals surface area (Å²) < 4.78 is 6.65. The molecule has 0 bridgehead atoms. The van der Waals surface area contributed by atoms with Crippen molar-refractivity contribution in [2.45, 2.75) is 26.2 Å². The molecule has 0 spiro atoms. The lowest BCUT2D eigenvalue weighted by Crippen LogP contribution is -2.31. The van der Waals surface area contributed by atoms with Crippen LogP contribution in [0.4, 0.5) is 5.69 Å². The lowest BCUT2D eigenvalue weighted by atomic mass is 9.76. The minimum atomic E-state index is -0.247. The van der Waals surface area contributed by atoms with E-state index in [-0.39, 0.29) is 36.0 Å². The number of anilines is 1. The second kappa shape index (κ2) is 8.11. The number of carbonyl (C=O) groups excluding carboxylic acids is 3. The molecule has 4 rings (SSSR count). The number of ketones is 1. The van der Waals surface area contributed by atoms with Crippen molar-refractivity contribution in [1.82, 2.24) is 0 Å². The number of nitrogens with zero attached hydrogens (tertiary/aromatic N) is 1. The van der Waals surface area contributed by atoms with Crippen LogP contribution in [0.2, 0.25) is 0 Å². The molecule has 0 N–H and O–H groups in total. The molecule has 0 radical (unpaired) electrons. The predicted octanol–water partition coefficient (Wildman–Crippen LogP) is 4.64. The highest BCUT2D eigenvalue weighted by molar-refractivity contribution is 9.10. The number of Topliss-reactive ketones (excluding diaryl/α,β-unsaturated/α-hetero) is 1. The summed E-state index contributed by atoms with van der Waals surface area (Å²) in [6.45, 7) is 1.96. The number of para-hydroxylation sites is 2. The fraction of sp³-hybridized carbons (Fsp3) is 0.348. The molecule has 2 aromatic rings. The Hall–Kier alpha value is -2.47. The molecule has 1 aliphatic heterocycles. The van der Waals surface area contributed by atoms with Gasteiger partial charge in [0.15, 0.2) is 12.4 Å². The van der Waals surface area contributed by atoms with Crippen LogP contribution in [0.15, 0.2) is 53.0 Å². The van der Waals surface area contributed by atoms with E-state index >= 15 is 0 Å². The van der Waals surface area contributed by atoms with Crippen LogP contribution in [0.1, 0.15) is 36.5 Å². The number of hydrogen-bond acceptors (Lipinski definition) is 4. The number of fused-ring (bicyclic) bond motifs is 1. The fourth-order valence-electron chi connectivity index (χ4n) is 4.25. The van der Waals surface area contributed by atoms with Crippen molar-refractivity contribution in [2.24, 2.45) is 17.8 Å². The van der Waals surface area contributed by atoms with Gasteiger partial charge in [0.05, 0.1) is 17.5 Å². The predicted molar refractivity (Wildman–Crippen MR) is 113 cm³/mol. The summed E-state index contributed by atoms with van der Waals surface area (Å²) in [7, 11) is 0. The zero-order valence-electron chi connectivity index (χ0n) is 16.1. The lowest BCUT2D eigenvalue weighted by molar-refractivity contribution is -0.122. The smallest absolute Gasteiger partial charge is 0.237 e. The largest absolute Gasteiger partial charge is 0.483 e. The van der Waals surface area contributed by atoms with Crippen molar-refractivity contribution in [1.29, 1.82) is 0 Å². The Bertz CT molecular complexity index is 956. The zero-order valence-corrected chi connectivity index (χ0v) is 17.7. The van der Waals surface area contributed by atoms with Gasteiger partial charge in [0.1, 0.15) is 5.75 Å². The second-order valence-corrected chi connectivity index (χ2v) is 8.75. The van der Waals surface area contributed by atoms with Gasteiger partial charge in [-0.15, -0.1) is 0 Å². The van der Waals surface area contributed by atoms with Crippen molar-refractivity contribution in [3.63, 3.8) is 0 Å². The Morgan fingerprint density at radius 3 is 2.48 bits per heavy atom. The average Bonchev–Trinajstić information content (AvgIpc) is 2.96. The van der Waals surface area contributed by atoms with E-state index in [1.807, 2.05) is 0 Å². The van der Waals surface area contributed by atoms with Crippen molar-refractivity contribution in [3.05, 3.63) is 58.6 Å². The number of halogens is 1. The third-order valence-corrected chi connectivity index (χ3v) is 6.35. The summed E-state index contributed by atoms with van der Waals surface area (Å²) in [5.74, 6) is -0.146. The Labute approximate surface area is 178 Å². The van der Waals surface area contributed by atoms with Gasteiger partial charge in [0, 0.05) is 10.0 Å². The summed E-state index contributed by atoms with van der Waals surface area (Å²) in [4.78, 5) is 39.7. The summed E-state index contributed by atoms with van der Waals surface area (Å²) in [5.41, 5.74) is 0.965. The Balaban J connectivity index is 1.54. The van der Waals surface area contributed by atoms with E-state index in [2.05, 4.69) is 22.9 Å². The van der Waals surface area contributed by atoms with Gasteiger partial charge in [0.2, 0.25) is 11.8 Å². The van der Waals surface area contributed by atoms with E-state index in [0.29, 0.717) is 22.9 Å². The molecule has 2 aromatic carbocycles. The number of benzene rings is 2. The second-order valence-electron chi connectivity index (χ2n) is 7.83. The van der Waals surface area contributed by atoms with Crippen molar-refractivity contribution >= 4 is 39.2 Å². The highest BCUT2D eigenvalue weighted by Crippen LogP contribution is 2.44. The van der Waals surface area contributed by atoms with Crippen LogP contribution >= 0.6 is 15.9 Å². The van der Waals surface area contributed by atoms with Crippen LogP contribution in [-0.2, 0) is 9.59 Å². The third kappa shape index (κ3) is 3.86. The molecule has 6 heteroatoms. The van der Waals surface area contributed by atoms with Crippen LogP contribution in [0.5, 0.6) is 5.75 Å². The Morgan fingerprint density at radius 1 is 1.03 bits per heavy atom. The molecule has 1 heterocycles. The molecule has 1 saturated heterocycles. The number of ether oxygens (including phenoxy) is 1. The Kier molecular flexibility index (Phi) is 5.54. The van der Waals surface area contributed by atoms with Gasteiger partial charge < -0.3 is 4.74 Å². The number of amides is 2. The van der Waals surface area contributed by atoms with E-state index in [0.717, 1.165) is 23.7 Å². The first kappa shape index (κ1) is 19.8. The molecule has 2 amide bonds. The lowest BCUT2D eigenvalue weighted by Gasteiger charge is -2.25. The molecule has 5 nitrogen and oxygen atoms in total. The first-order valence-corrected chi connectivity index (χ1v) is 10.6. The first-order chi connectivity index (χ1) is 14.0. The maximum Gasteiger partial charge on any atom is 0.237 e. The quantitative estimate of drug-likeness (QED) is 0.486. The number of rotatable bonds is 5. The van der Waals surface area contributed by atoms with Gasteiger partial charge in [0.25, 0.3) is 0 Å². The van der Waals surface area contributed by atoms with E-state index < -0.39 is 0 Å². The van der Waals surface area contributed by atoms with Crippen molar-refractivity contribution in [3.8, 4) is 5.75 Å². The molecule has 29 heavy (non-hydrogen) atoms. The molecule has 150 valence electrons. The van der Waals surface area contributed by atoms with E-state index in [4.69, 9.17) is 4.74 Å². The van der Waals surface area contributed by atoms with E-state index in [1.54, 1.807) is 48.5 Å². The topological polar surface area (TPSA) is 63.7 Å². The highest BCUT2D eigenvalue weighted by Gasteiger charge is 2.50. The van der Waals surface area contributed by atoms with E-state index in [9.17, 15) is 14.4 Å². The standard InChI is InChI=1S/C23H22BrNO4/c1-14-6-11-17-18(12-14)23(28)25(22(17)27)19-4-2-3-5-21(19)29-13-20(26)15-7-9-16(24)10-8-15/h2-5,7-10,14,17-18H,6,11-13H2,1H3/t14-,17+,18-/m1/s1. The molecular weight excluding hydrogens is 434 g/mol. The minimum Gasteiger partial charge on any atom is -0.483 e. The summed E-state index contributed by atoms with van der Waals surface area (Å²) in [5, 5.41) is 0. The third-order valence-electron chi connectivity index (χ3n) is 5.82. The van der Waals surface area contributed by atoms with E-state index in [1.165, 1.54) is 4.90 Å². The molecule has 2 aliphatic rings. The summed E-state index contributed by atoms with van der Waals surface area (Å²) in [6, 6.07) is 14.0. The fourth-order valence-corrected chi connectivity index (χ4v) is 4.52. The minimum absolute atomic E-state index is 0.151. The molecule has 3 atom stereocenters. The van der Waals surface area contributed by atoms with Crippen molar-refractivity contribution in [2.75, 3.05) is 11.5 Å². The molecule has 1 aliphatic carbocycles. The molecule has 1 saturated carbocycles. The normalized spacial score (nSPS) is 23.8. The Morgan fingerprint density at radius 2 is 1.72 bits per heavy atom. The molecular formula is C23H22BrNO4. The van der Waals surface area contributed by atoms with Gasteiger partial charge in [-0.05, 0) is 49.4 Å². The van der Waals surface area contributed by atoms with Crippen LogP contribution in [0.25, 0.3) is 0 Å². The zero-order chi connectivity index (χ0) is 20.5. The number of imide groups is 1. The summed E-state index contributed by atoms with van der Waals surface area (Å²) >= 11 is 3.35. The molecule has 0 unspecified atom stereocenters. The van der Waals surface area contributed by atoms with Crippen LogP contribution in [-0.4, -0.2) is 24.2 Å². The highest BCUT2D eigenvalue weighted by atomic mass is 79.9. The van der Waals surface area contributed by atoms with Gasteiger partial charge >= 0.3 is 0 Å².